The van der Waals surface area contributed by atoms with Crippen molar-refractivity contribution in [2.24, 2.45) is 0 Å². The van der Waals surface area contributed by atoms with Crippen LogP contribution in [0.25, 0.3) is 22.3 Å². The number of halogens is 2. The van der Waals surface area contributed by atoms with Gasteiger partial charge in [0.1, 0.15) is 13.7 Å². The second-order valence-electron chi connectivity index (χ2n) is 3.63. The second-order valence-corrected chi connectivity index (χ2v) is 5.84. The molecule has 0 bridgehead atoms. The van der Waals surface area contributed by atoms with Gasteiger partial charge in [-0.15, -0.1) is 0 Å². The molecule has 0 aliphatic carbocycles. The number of fused-ring (bicyclic) bond motifs is 1. The van der Waals surface area contributed by atoms with E-state index in [-0.39, 0.29) is 0 Å². The van der Waals surface area contributed by atoms with Crippen molar-refractivity contribution in [2.75, 3.05) is 0 Å². The highest BCUT2D eigenvalue weighted by Crippen LogP contribution is 2.21. The van der Waals surface area contributed by atoms with Crippen LogP contribution in [-0.4, -0.2) is 19.9 Å². The molecule has 4 nitrogen and oxygen atoms in total. The van der Waals surface area contributed by atoms with Crippen molar-refractivity contribution in [3.8, 4) is 11.4 Å². The molecule has 0 N–H and O–H groups in total. The summed E-state index contributed by atoms with van der Waals surface area (Å²) < 4.78 is 1.87. The standard InChI is InChI=1S/C12H6I2N4/c13-10-4-11(14)18-12(17-10)7-1-2-8-5-15-6-16-9(8)3-7/h1-6H. The molecule has 2 aromatic heterocycles. The van der Waals surface area contributed by atoms with E-state index in [1.807, 2.05) is 24.3 Å². The molecular weight excluding hydrogens is 454 g/mol. The van der Waals surface area contributed by atoms with E-state index in [4.69, 9.17) is 0 Å². The Kier molecular flexibility index (Phi) is 3.37. The first-order chi connectivity index (χ1) is 8.72. The van der Waals surface area contributed by atoms with Crippen LogP contribution in [0.3, 0.4) is 0 Å². The van der Waals surface area contributed by atoms with E-state index in [0.29, 0.717) is 0 Å². The normalized spacial score (nSPS) is 10.8. The average molecular weight is 460 g/mol. The highest BCUT2D eigenvalue weighted by molar-refractivity contribution is 14.1. The topological polar surface area (TPSA) is 51.6 Å². The fourth-order valence-electron chi connectivity index (χ4n) is 1.63. The first-order valence-electron chi connectivity index (χ1n) is 5.12. The summed E-state index contributed by atoms with van der Waals surface area (Å²) in [6.07, 6.45) is 3.34. The second kappa shape index (κ2) is 5.00. The van der Waals surface area contributed by atoms with Crippen molar-refractivity contribution in [3.63, 3.8) is 0 Å². The molecule has 88 valence electrons. The van der Waals surface area contributed by atoms with Crippen LogP contribution in [0.5, 0.6) is 0 Å². The fraction of sp³-hybridized carbons (Fsp3) is 0. The van der Waals surface area contributed by atoms with Gasteiger partial charge >= 0.3 is 0 Å². The fourth-order valence-corrected chi connectivity index (χ4v) is 3.27. The molecule has 3 rings (SSSR count). The van der Waals surface area contributed by atoms with Gasteiger partial charge in [0.25, 0.3) is 0 Å². The van der Waals surface area contributed by atoms with Crippen molar-refractivity contribution in [3.05, 3.63) is 44.2 Å². The number of rotatable bonds is 1. The lowest BCUT2D eigenvalue weighted by molar-refractivity contribution is 1.12. The van der Waals surface area contributed by atoms with E-state index in [0.717, 1.165) is 29.7 Å². The number of hydrogen-bond donors (Lipinski definition) is 0. The first-order valence-corrected chi connectivity index (χ1v) is 7.28. The Labute approximate surface area is 131 Å². The van der Waals surface area contributed by atoms with Gasteiger partial charge in [0.15, 0.2) is 5.82 Å². The van der Waals surface area contributed by atoms with E-state index in [1.54, 1.807) is 12.5 Å². The largest absolute Gasteiger partial charge is 0.244 e. The third-order valence-corrected chi connectivity index (χ3v) is 3.53. The summed E-state index contributed by atoms with van der Waals surface area (Å²) in [7, 11) is 0. The minimum Gasteiger partial charge on any atom is -0.244 e. The average Bonchev–Trinajstić information content (AvgIpc) is 2.37. The molecule has 0 fully saturated rings. The number of nitrogens with zero attached hydrogens (tertiary/aromatic N) is 4. The van der Waals surface area contributed by atoms with Gasteiger partial charge in [0.2, 0.25) is 0 Å². The van der Waals surface area contributed by atoms with Crippen LogP contribution in [0.2, 0.25) is 0 Å². The third-order valence-electron chi connectivity index (χ3n) is 2.43. The predicted molar refractivity (Wildman–Crippen MR) is 86.0 cm³/mol. The summed E-state index contributed by atoms with van der Waals surface area (Å²) >= 11 is 4.39. The smallest absolute Gasteiger partial charge is 0.161 e. The lowest BCUT2D eigenvalue weighted by Crippen LogP contribution is -1.94. The molecule has 2 heterocycles. The Morgan fingerprint density at radius 3 is 2.50 bits per heavy atom. The van der Waals surface area contributed by atoms with Crippen molar-refractivity contribution < 1.29 is 0 Å². The summed E-state index contributed by atoms with van der Waals surface area (Å²) in [5.74, 6) is 0.729. The van der Waals surface area contributed by atoms with Crippen molar-refractivity contribution in [2.45, 2.75) is 0 Å². The maximum atomic E-state index is 4.44. The lowest BCUT2D eigenvalue weighted by atomic mass is 10.1. The molecule has 0 amide bonds. The van der Waals surface area contributed by atoms with E-state index in [9.17, 15) is 0 Å². The first kappa shape index (κ1) is 12.2. The van der Waals surface area contributed by atoms with Gasteiger partial charge in [0.05, 0.1) is 5.52 Å². The van der Waals surface area contributed by atoms with Crippen molar-refractivity contribution in [1.82, 2.24) is 19.9 Å². The Bertz CT molecular complexity index is 710. The SMILES string of the molecule is Ic1cc(I)nc(-c2ccc3cncnc3c2)n1. The number of benzene rings is 1. The Balaban J connectivity index is 2.19. The van der Waals surface area contributed by atoms with Gasteiger partial charge < -0.3 is 0 Å². The summed E-state index contributed by atoms with van der Waals surface area (Å²) in [6.45, 7) is 0. The van der Waals surface area contributed by atoms with Crippen LogP contribution >= 0.6 is 45.2 Å². The van der Waals surface area contributed by atoms with Crippen LogP contribution < -0.4 is 0 Å². The molecule has 6 heteroatoms. The van der Waals surface area contributed by atoms with Gasteiger partial charge in [-0.1, -0.05) is 12.1 Å². The van der Waals surface area contributed by atoms with Crippen LogP contribution in [0.4, 0.5) is 0 Å². The molecule has 0 saturated heterocycles. The molecule has 0 radical (unpaired) electrons. The van der Waals surface area contributed by atoms with E-state index >= 15 is 0 Å². The number of hydrogen-bond acceptors (Lipinski definition) is 4. The molecule has 3 aromatic rings. The molecule has 0 aliphatic heterocycles. The highest BCUT2D eigenvalue weighted by Gasteiger charge is 2.05. The molecule has 0 saturated carbocycles. The van der Waals surface area contributed by atoms with Gasteiger partial charge in [-0.25, -0.2) is 19.9 Å². The summed E-state index contributed by atoms with van der Waals surface area (Å²) in [4.78, 5) is 17.1. The lowest BCUT2D eigenvalue weighted by Gasteiger charge is -2.03. The van der Waals surface area contributed by atoms with Crippen LogP contribution in [0.1, 0.15) is 0 Å². The quantitative estimate of drug-likeness (QED) is 0.414. The van der Waals surface area contributed by atoms with E-state index < -0.39 is 0 Å². The molecule has 1 aromatic carbocycles. The predicted octanol–water partition coefficient (Wildman–Crippen LogP) is 3.30. The zero-order chi connectivity index (χ0) is 12.5. The molecule has 0 spiro atoms. The monoisotopic (exact) mass is 460 g/mol. The highest BCUT2D eigenvalue weighted by atomic mass is 127. The van der Waals surface area contributed by atoms with Crippen LogP contribution in [0, 0.1) is 7.40 Å². The zero-order valence-electron chi connectivity index (χ0n) is 9.01. The van der Waals surface area contributed by atoms with Crippen molar-refractivity contribution >= 4 is 56.1 Å². The molecule has 0 unspecified atom stereocenters. The maximum Gasteiger partial charge on any atom is 0.161 e. The minimum absolute atomic E-state index is 0.729. The Hall–Kier alpha value is -0.900. The summed E-state index contributed by atoms with van der Waals surface area (Å²) in [5, 5.41) is 1.02. The maximum absolute atomic E-state index is 4.44. The summed E-state index contributed by atoms with van der Waals surface area (Å²) in [6, 6.07) is 7.90. The Morgan fingerprint density at radius 2 is 1.72 bits per heavy atom. The van der Waals surface area contributed by atoms with Gasteiger partial charge in [-0.3, -0.25) is 0 Å². The van der Waals surface area contributed by atoms with Gasteiger partial charge in [-0.05, 0) is 51.2 Å². The number of aromatic nitrogens is 4. The van der Waals surface area contributed by atoms with E-state index in [2.05, 4.69) is 65.1 Å². The molecule has 0 aliphatic rings. The van der Waals surface area contributed by atoms with Gasteiger partial charge in [0, 0.05) is 23.2 Å². The Morgan fingerprint density at radius 1 is 0.944 bits per heavy atom. The van der Waals surface area contributed by atoms with Crippen molar-refractivity contribution in [1.29, 1.82) is 0 Å². The molecule has 0 atom stereocenters. The minimum atomic E-state index is 0.729. The third kappa shape index (κ3) is 2.44. The molecular formula is C12H6I2N4. The molecule has 18 heavy (non-hydrogen) atoms. The van der Waals surface area contributed by atoms with Gasteiger partial charge in [-0.2, -0.15) is 0 Å². The van der Waals surface area contributed by atoms with Crippen LogP contribution in [-0.2, 0) is 0 Å². The zero-order valence-corrected chi connectivity index (χ0v) is 13.3. The van der Waals surface area contributed by atoms with Crippen LogP contribution in [0.15, 0.2) is 36.8 Å². The summed E-state index contributed by atoms with van der Waals surface area (Å²) in [5.41, 5.74) is 1.87. The van der Waals surface area contributed by atoms with E-state index in [1.165, 1.54) is 0 Å².